The van der Waals surface area contributed by atoms with Crippen LogP contribution in [0.4, 0.5) is 5.69 Å². The molecule has 4 atom stereocenters. The van der Waals surface area contributed by atoms with Crippen molar-refractivity contribution in [3.63, 3.8) is 0 Å². The fourth-order valence-corrected chi connectivity index (χ4v) is 5.39. The second-order valence-corrected chi connectivity index (χ2v) is 8.10. The van der Waals surface area contributed by atoms with E-state index in [1.165, 1.54) is 4.90 Å². The van der Waals surface area contributed by atoms with E-state index in [-0.39, 0.29) is 30.3 Å². The van der Waals surface area contributed by atoms with Crippen LogP contribution < -0.4 is 10.2 Å². The van der Waals surface area contributed by atoms with Crippen LogP contribution in [-0.2, 0) is 26.5 Å². The lowest BCUT2D eigenvalue weighted by molar-refractivity contribution is -0.143. The summed E-state index contributed by atoms with van der Waals surface area (Å²) in [4.78, 5) is 43.4. The third-order valence-corrected chi connectivity index (χ3v) is 6.71. The van der Waals surface area contributed by atoms with Gasteiger partial charge in [-0.15, -0.1) is 0 Å². The number of benzene rings is 2. The average Bonchev–Trinajstić information content (AvgIpc) is 3.30. The first-order valence-electron chi connectivity index (χ1n) is 10.0. The Bertz CT molecular complexity index is 1020. The molecule has 3 heterocycles. The monoisotopic (exact) mass is 389 g/mol. The molecule has 0 saturated carbocycles. The van der Waals surface area contributed by atoms with Crippen molar-refractivity contribution in [1.29, 1.82) is 0 Å². The molecular formula is C23H23N3O3. The predicted molar refractivity (Wildman–Crippen MR) is 108 cm³/mol. The average molecular weight is 389 g/mol. The Morgan fingerprint density at radius 2 is 1.66 bits per heavy atom. The molecule has 3 amide bonds. The summed E-state index contributed by atoms with van der Waals surface area (Å²) in [7, 11) is 1.73. The summed E-state index contributed by atoms with van der Waals surface area (Å²) in [6.45, 7) is 2.23. The normalized spacial score (nSPS) is 30.4. The van der Waals surface area contributed by atoms with Crippen LogP contribution >= 0.6 is 0 Å². The number of nitrogens with one attached hydrogen (secondary N) is 1. The van der Waals surface area contributed by atoms with E-state index < -0.39 is 17.4 Å². The van der Waals surface area contributed by atoms with Crippen LogP contribution in [0.2, 0.25) is 0 Å². The smallest absolute Gasteiger partial charge is 0.252 e. The third-order valence-electron chi connectivity index (χ3n) is 6.71. The maximum absolute atomic E-state index is 13.6. The van der Waals surface area contributed by atoms with Crippen molar-refractivity contribution in [1.82, 2.24) is 10.2 Å². The SMILES string of the molecule is CCC1NC2(C(=O)N(C)c3ccccc32)C2C(=O)N(Cc3ccccc3)C(=O)C12. The molecule has 4 unspecified atom stereocenters. The van der Waals surface area contributed by atoms with E-state index in [1.807, 2.05) is 61.5 Å². The van der Waals surface area contributed by atoms with Crippen LogP contribution in [-0.4, -0.2) is 35.7 Å². The van der Waals surface area contributed by atoms with E-state index in [1.54, 1.807) is 11.9 Å². The van der Waals surface area contributed by atoms with Gasteiger partial charge in [0.1, 0.15) is 5.54 Å². The number of carbonyl (C=O) groups is 3. The van der Waals surface area contributed by atoms with E-state index >= 15 is 0 Å². The van der Waals surface area contributed by atoms with Gasteiger partial charge in [-0.25, -0.2) is 0 Å². The van der Waals surface area contributed by atoms with Gasteiger partial charge in [0.15, 0.2) is 0 Å². The summed E-state index contributed by atoms with van der Waals surface area (Å²) >= 11 is 0. The third kappa shape index (κ3) is 2.23. The summed E-state index contributed by atoms with van der Waals surface area (Å²) in [5.74, 6) is -1.85. The van der Waals surface area contributed by atoms with E-state index in [4.69, 9.17) is 0 Å². The zero-order valence-corrected chi connectivity index (χ0v) is 16.5. The van der Waals surface area contributed by atoms with Crippen molar-refractivity contribution < 1.29 is 14.4 Å². The molecule has 6 nitrogen and oxygen atoms in total. The number of hydrogen-bond donors (Lipinski definition) is 1. The van der Waals surface area contributed by atoms with Crippen molar-refractivity contribution in [3.05, 3.63) is 65.7 Å². The minimum atomic E-state index is -1.17. The van der Waals surface area contributed by atoms with Gasteiger partial charge in [-0.2, -0.15) is 0 Å². The van der Waals surface area contributed by atoms with Gasteiger partial charge < -0.3 is 4.90 Å². The molecule has 0 bridgehead atoms. The quantitative estimate of drug-likeness (QED) is 0.816. The number of nitrogens with zero attached hydrogens (tertiary/aromatic N) is 2. The number of likely N-dealkylation sites (tertiary alicyclic amines) is 1. The number of anilines is 1. The number of fused-ring (bicyclic) bond motifs is 4. The van der Waals surface area contributed by atoms with E-state index in [0.717, 1.165) is 16.8 Å². The van der Waals surface area contributed by atoms with Crippen LogP contribution in [0.25, 0.3) is 0 Å². The summed E-state index contributed by atoms with van der Waals surface area (Å²) in [6, 6.07) is 16.8. The minimum absolute atomic E-state index is 0.160. The number of imide groups is 1. The van der Waals surface area contributed by atoms with Gasteiger partial charge in [-0.1, -0.05) is 55.5 Å². The van der Waals surface area contributed by atoms with Crippen LogP contribution in [0.15, 0.2) is 54.6 Å². The summed E-state index contributed by atoms with van der Waals surface area (Å²) in [5.41, 5.74) is 1.32. The molecule has 2 fully saturated rings. The van der Waals surface area contributed by atoms with E-state index in [9.17, 15) is 14.4 Å². The summed E-state index contributed by atoms with van der Waals surface area (Å²) < 4.78 is 0. The lowest BCUT2D eigenvalue weighted by Gasteiger charge is -2.30. The first kappa shape index (κ1) is 18.1. The Balaban J connectivity index is 1.62. The first-order chi connectivity index (χ1) is 14.0. The highest BCUT2D eigenvalue weighted by Crippen LogP contribution is 2.54. The fourth-order valence-electron chi connectivity index (χ4n) is 5.39. The number of hydrogen-bond acceptors (Lipinski definition) is 4. The Hall–Kier alpha value is -2.99. The molecule has 148 valence electrons. The van der Waals surface area contributed by atoms with Gasteiger partial charge in [-0.05, 0) is 18.1 Å². The largest absolute Gasteiger partial charge is 0.313 e. The number of carbonyl (C=O) groups excluding carboxylic acids is 3. The van der Waals surface area contributed by atoms with Gasteiger partial charge >= 0.3 is 0 Å². The number of amides is 3. The number of likely N-dealkylation sites (N-methyl/N-ethyl adjacent to an activating group) is 1. The minimum Gasteiger partial charge on any atom is -0.313 e. The maximum atomic E-state index is 13.6. The molecule has 3 aliphatic rings. The zero-order valence-electron chi connectivity index (χ0n) is 16.5. The summed E-state index contributed by atoms with van der Waals surface area (Å²) in [5, 5.41) is 3.44. The molecule has 0 radical (unpaired) electrons. The first-order valence-corrected chi connectivity index (χ1v) is 10.0. The highest BCUT2D eigenvalue weighted by atomic mass is 16.2. The molecule has 29 heavy (non-hydrogen) atoms. The van der Waals surface area contributed by atoms with Crippen LogP contribution in [0, 0.1) is 11.8 Å². The molecule has 1 spiro atoms. The Kier molecular flexibility index (Phi) is 3.90. The predicted octanol–water partition coefficient (Wildman–Crippen LogP) is 2.04. The zero-order chi connectivity index (χ0) is 20.3. The topological polar surface area (TPSA) is 69.7 Å². The highest BCUT2D eigenvalue weighted by molar-refractivity contribution is 6.15. The molecule has 0 aromatic heterocycles. The van der Waals surface area contributed by atoms with Gasteiger partial charge in [0, 0.05) is 24.3 Å². The second kappa shape index (κ2) is 6.26. The van der Waals surface area contributed by atoms with Gasteiger partial charge in [-0.3, -0.25) is 24.6 Å². The Labute approximate surface area is 169 Å². The summed E-state index contributed by atoms with van der Waals surface area (Å²) in [6.07, 6.45) is 0.667. The molecular weight excluding hydrogens is 366 g/mol. The molecule has 1 N–H and O–H groups in total. The molecule has 3 aliphatic heterocycles. The van der Waals surface area contributed by atoms with Crippen molar-refractivity contribution in [2.24, 2.45) is 11.8 Å². The molecule has 6 heteroatoms. The van der Waals surface area contributed by atoms with Gasteiger partial charge in [0.05, 0.1) is 18.4 Å². The van der Waals surface area contributed by atoms with Crippen molar-refractivity contribution in [2.75, 3.05) is 11.9 Å². The van der Waals surface area contributed by atoms with Crippen LogP contribution in [0.5, 0.6) is 0 Å². The Morgan fingerprint density at radius 3 is 2.38 bits per heavy atom. The standard InChI is InChI=1S/C23H23N3O3/c1-3-16-18-19(21(28)26(20(18)27)13-14-9-5-4-6-10-14)23(24-16)15-11-7-8-12-17(15)25(2)22(23)29/h4-12,16,18-19,24H,3,13H2,1-2H3. The highest BCUT2D eigenvalue weighted by Gasteiger charge is 2.70. The van der Waals surface area contributed by atoms with Crippen molar-refractivity contribution in [2.45, 2.75) is 31.5 Å². The fraction of sp³-hybridized carbons (Fsp3) is 0.348. The van der Waals surface area contributed by atoms with Crippen LogP contribution in [0.3, 0.4) is 0 Å². The lowest BCUT2D eigenvalue weighted by atomic mass is 9.76. The molecule has 2 aromatic rings. The van der Waals surface area contributed by atoms with Gasteiger partial charge in [0.2, 0.25) is 11.8 Å². The Morgan fingerprint density at radius 1 is 0.966 bits per heavy atom. The van der Waals surface area contributed by atoms with Crippen molar-refractivity contribution >= 4 is 23.4 Å². The lowest BCUT2D eigenvalue weighted by Crippen LogP contribution is -2.54. The number of para-hydroxylation sites is 1. The van der Waals surface area contributed by atoms with Crippen molar-refractivity contribution in [3.8, 4) is 0 Å². The van der Waals surface area contributed by atoms with E-state index in [2.05, 4.69) is 5.32 Å². The molecule has 2 aromatic carbocycles. The molecule has 0 aliphatic carbocycles. The van der Waals surface area contributed by atoms with Crippen LogP contribution in [0.1, 0.15) is 24.5 Å². The maximum Gasteiger partial charge on any atom is 0.252 e. The number of rotatable bonds is 3. The second-order valence-electron chi connectivity index (χ2n) is 8.10. The molecule has 5 rings (SSSR count). The van der Waals surface area contributed by atoms with E-state index in [0.29, 0.717) is 6.42 Å². The van der Waals surface area contributed by atoms with Gasteiger partial charge in [0.25, 0.3) is 5.91 Å². The molecule has 2 saturated heterocycles.